The summed E-state index contributed by atoms with van der Waals surface area (Å²) in [6.07, 6.45) is 1.55. The molecule has 1 atom stereocenters. The first-order valence-electron chi connectivity index (χ1n) is 9.47. The van der Waals surface area contributed by atoms with Crippen molar-refractivity contribution in [2.45, 2.75) is 45.6 Å². The minimum Gasteiger partial charge on any atom is -0.453 e. The number of likely N-dealkylation sites (tertiary alicyclic amines) is 1. The molecule has 0 radical (unpaired) electrons. The number of rotatable bonds is 5. The Morgan fingerprint density at radius 2 is 2.07 bits per heavy atom. The van der Waals surface area contributed by atoms with Crippen LogP contribution in [0, 0.1) is 6.92 Å². The van der Waals surface area contributed by atoms with E-state index in [2.05, 4.69) is 55.7 Å². The first kappa shape index (κ1) is 23.5. The predicted octanol–water partition coefficient (Wildman–Crippen LogP) is 3.50. The highest BCUT2D eigenvalue weighted by Crippen LogP contribution is 2.17. The molecule has 2 N–H and O–H groups in total. The van der Waals surface area contributed by atoms with Gasteiger partial charge in [-0.2, -0.15) is 0 Å². The summed E-state index contributed by atoms with van der Waals surface area (Å²) < 4.78 is 4.79. The molecule has 152 valence electrons. The number of piperidine rings is 1. The Bertz CT molecular complexity index is 616. The summed E-state index contributed by atoms with van der Waals surface area (Å²) in [7, 11) is 1.43. The Labute approximate surface area is 180 Å². The van der Waals surface area contributed by atoms with Crippen molar-refractivity contribution in [3.05, 3.63) is 35.4 Å². The van der Waals surface area contributed by atoms with Gasteiger partial charge >= 0.3 is 6.09 Å². The third-order valence-corrected chi connectivity index (χ3v) is 4.75. The highest BCUT2D eigenvalue weighted by Gasteiger charge is 2.23. The summed E-state index contributed by atoms with van der Waals surface area (Å²) in [4.78, 5) is 18.1. The zero-order chi connectivity index (χ0) is 18.9. The van der Waals surface area contributed by atoms with Gasteiger partial charge in [0, 0.05) is 38.1 Å². The van der Waals surface area contributed by atoms with Crippen LogP contribution >= 0.6 is 24.0 Å². The Morgan fingerprint density at radius 1 is 1.37 bits per heavy atom. The number of nitrogens with zero attached hydrogens (tertiary/aromatic N) is 2. The monoisotopic (exact) mass is 488 g/mol. The van der Waals surface area contributed by atoms with E-state index < -0.39 is 0 Å². The minimum atomic E-state index is -0.240. The molecule has 1 fully saturated rings. The Hall–Kier alpha value is -1.51. The fourth-order valence-electron chi connectivity index (χ4n) is 3.16. The molecule has 1 unspecified atom stereocenters. The summed E-state index contributed by atoms with van der Waals surface area (Å²) in [6.45, 7) is 9.38. The van der Waals surface area contributed by atoms with Gasteiger partial charge in [-0.25, -0.2) is 4.79 Å². The van der Waals surface area contributed by atoms with E-state index in [1.54, 1.807) is 4.90 Å². The summed E-state index contributed by atoms with van der Waals surface area (Å²) in [5.74, 6) is 1.22. The number of carbonyl (C=O) groups excluding carboxylic acids is 1. The van der Waals surface area contributed by atoms with Gasteiger partial charge in [-0.3, -0.25) is 4.99 Å². The Kier molecular flexibility index (Phi) is 10.5. The lowest BCUT2D eigenvalue weighted by Gasteiger charge is -2.32. The van der Waals surface area contributed by atoms with Gasteiger partial charge in [0.2, 0.25) is 0 Å². The van der Waals surface area contributed by atoms with Crippen molar-refractivity contribution >= 4 is 36.0 Å². The average Bonchev–Trinajstić information content (AvgIpc) is 2.66. The summed E-state index contributed by atoms with van der Waals surface area (Å²) in [6, 6.07) is 8.93. The second kappa shape index (κ2) is 12.0. The SMILES string of the molecule is CCNC(=NCC(C)c1cccc(C)c1)NC1CCN(C(=O)OC)CC1.I. The molecule has 1 saturated heterocycles. The number of hydrogen-bond acceptors (Lipinski definition) is 3. The van der Waals surface area contributed by atoms with E-state index in [9.17, 15) is 4.79 Å². The molecule has 2 rings (SSSR count). The van der Waals surface area contributed by atoms with E-state index in [-0.39, 0.29) is 30.1 Å². The number of amides is 1. The maximum absolute atomic E-state index is 11.6. The maximum atomic E-state index is 11.6. The molecular formula is C20H33IN4O2. The van der Waals surface area contributed by atoms with Crippen molar-refractivity contribution in [1.82, 2.24) is 15.5 Å². The zero-order valence-electron chi connectivity index (χ0n) is 16.8. The third kappa shape index (κ3) is 7.56. The van der Waals surface area contributed by atoms with Gasteiger partial charge in [0.1, 0.15) is 0 Å². The van der Waals surface area contributed by atoms with Crippen LogP contribution in [-0.4, -0.2) is 56.3 Å². The topological polar surface area (TPSA) is 66.0 Å². The smallest absolute Gasteiger partial charge is 0.409 e. The van der Waals surface area contributed by atoms with Crippen molar-refractivity contribution in [3.8, 4) is 0 Å². The van der Waals surface area contributed by atoms with Gasteiger partial charge in [0.25, 0.3) is 0 Å². The molecule has 1 aromatic rings. The van der Waals surface area contributed by atoms with Crippen LogP contribution in [0.2, 0.25) is 0 Å². The molecule has 1 amide bonds. The molecule has 0 aromatic heterocycles. The highest BCUT2D eigenvalue weighted by molar-refractivity contribution is 14.0. The van der Waals surface area contributed by atoms with Gasteiger partial charge < -0.3 is 20.3 Å². The third-order valence-electron chi connectivity index (χ3n) is 4.75. The number of aryl methyl sites for hydroxylation is 1. The highest BCUT2D eigenvalue weighted by atomic mass is 127. The molecule has 1 aromatic carbocycles. The van der Waals surface area contributed by atoms with Crippen molar-refractivity contribution < 1.29 is 9.53 Å². The molecule has 6 nitrogen and oxygen atoms in total. The fraction of sp³-hybridized carbons (Fsp3) is 0.600. The standard InChI is InChI=1S/C20H32N4O2.HI/c1-5-21-19(22-14-16(3)17-8-6-7-15(2)13-17)23-18-9-11-24(12-10-18)20(25)26-4;/h6-8,13,16,18H,5,9-12,14H2,1-4H3,(H2,21,22,23);1H. The van der Waals surface area contributed by atoms with E-state index in [1.165, 1.54) is 18.2 Å². The van der Waals surface area contributed by atoms with E-state index in [4.69, 9.17) is 9.73 Å². The molecule has 0 bridgehead atoms. The molecule has 0 aliphatic carbocycles. The van der Waals surface area contributed by atoms with Crippen LogP contribution in [0.3, 0.4) is 0 Å². The lowest BCUT2D eigenvalue weighted by Crippen LogP contribution is -2.49. The van der Waals surface area contributed by atoms with Crippen LogP contribution in [0.15, 0.2) is 29.3 Å². The number of aliphatic imine (C=N–C) groups is 1. The molecule has 0 spiro atoms. The minimum absolute atomic E-state index is 0. The van der Waals surface area contributed by atoms with Gasteiger partial charge in [-0.15, -0.1) is 24.0 Å². The van der Waals surface area contributed by atoms with E-state index in [0.717, 1.165) is 31.9 Å². The normalized spacial score (nSPS) is 16.3. The second-order valence-corrected chi connectivity index (χ2v) is 6.91. The number of guanidine groups is 1. The second-order valence-electron chi connectivity index (χ2n) is 6.91. The van der Waals surface area contributed by atoms with Crippen molar-refractivity contribution in [2.75, 3.05) is 33.3 Å². The number of halogens is 1. The molecule has 1 heterocycles. The number of hydrogen-bond donors (Lipinski definition) is 2. The van der Waals surface area contributed by atoms with E-state index in [0.29, 0.717) is 25.0 Å². The molecule has 7 heteroatoms. The number of ether oxygens (including phenoxy) is 1. The average molecular weight is 488 g/mol. The Balaban J connectivity index is 0.00000364. The first-order valence-corrected chi connectivity index (χ1v) is 9.47. The first-order chi connectivity index (χ1) is 12.5. The maximum Gasteiger partial charge on any atom is 0.409 e. The predicted molar refractivity (Wildman–Crippen MR) is 121 cm³/mol. The summed E-state index contributed by atoms with van der Waals surface area (Å²) in [5, 5.41) is 6.84. The lowest BCUT2D eigenvalue weighted by molar-refractivity contribution is 0.111. The number of benzene rings is 1. The molecule has 27 heavy (non-hydrogen) atoms. The van der Waals surface area contributed by atoms with E-state index >= 15 is 0 Å². The van der Waals surface area contributed by atoms with Crippen LogP contribution in [0.4, 0.5) is 4.79 Å². The molecule has 1 aliphatic rings. The number of nitrogens with one attached hydrogen (secondary N) is 2. The zero-order valence-corrected chi connectivity index (χ0v) is 19.2. The summed E-state index contributed by atoms with van der Waals surface area (Å²) >= 11 is 0. The van der Waals surface area contributed by atoms with Gasteiger partial charge in [0.05, 0.1) is 7.11 Å². The molecule has 1 aliphatic heterocycles. The largest absolute Gasteiger partial charge is 0.453 e. The van der Waals surface area contributed by atoms with Crippen LogP contribution in [-0.2, 0) is 4.74 Å². The molecule has 0 saturated carbocycles. The number of methoxy groups -OCH3 is 1. The molecular weight excluding hydrogens is 455 g/mol. The fourth-order valence-corrected chi connectivity index (χ4v) is 3.16. The van der Waals surface area contributed by atoms with E-state index in [1.807, 2.05) is 0 Å². The Morgan fingerprint density at radius 3 is 2.67 bits per heavy atom. The summed E-state index contributed by atoms with van der Waals surface area (Å²) in [5.41, 5.74) is 2.59. The van der Waals surface area contributed by atoms with Crippen molar-refractivity contribution in [1.29, 1.82) is 0 Å². The quantitative estimate of drug-likeness (QED) is 0.379. The van der Waals surface area contributed by atoms with Crippen LogP contribution in [0.25, 0.3) is 0 Å². The van der Waals surface area contributed by atoms with Gasteiger partial charge in [0.15, 0.2) is 5.96 Å². The van der Waals surface area contributed by atoms with Crippen molar-refractivity contribution in [3.63, 3.8) is 0 Å². The van der Waals surface area contributed by atoms with Gasteiger partial charge in [-0.05, 0) is 32.3 Å². The van der Waals surface area contributed by atoms with Crippen LogP contribution in [0.1, 0.15) is 43.7 Å². The van der Waals surface area contributed by atoms with Crippen molar-refractivity contribution in [2.24, 2.45) is 4.99 Å². The van der Waals surface area contributed by atoms with Crippen LogP contribution in [0.5, 0.6) is 0 Å². The van der Waals surface area contributed by atoms with Gasteiger partial charge in [-0.1, -0.05) is 36.8 Å². The number of carbonyl (C=O) groups is 1. The van der Waals surface area contributed by atoms with Crippen LogP contribution < -0.4 is 10.6 Å². The lowest BCUT2D eigenvalue weighted by atomic mass is 10.00.